The van der Waals surface area contributed by atoms with E-state index in [1.54, 1.807) is 11.4 Å². The first kappa shape index (κ1) is 13.0. The second kappa shape index (κ2) is 4.82. The predicted molar refractivity (Wildman–Crippen MR) is 50.7 cm³/mol. The summed E-state index contributed by atoms with van der Waals surface area (Å²) in [4.78, 5) is 10.8. The van der Waals surface area contributed by atoms with Gasteiger partial charge in [-0.1, -0.05) is 0 Å². The Balaban J connectivity index is 2.78. The van der Waals surface area contributed by atoms with Crippen molar-refractivity contribution in [2.75, 3.05) is 5.32 Å². The van der Waals surface area contributed by atoms with E-state index in [9.17, 15) is 22.4 Å². The molecule has 0 atom stereocenters. The summed E-state index contributed by atoms with van der Waals surface area (Å²) in [6, 6.07) is 6.62. The molecule has 1 N–H and O–H groups in total. The lowest BCUT2D eigenvalue weighted by atomic mass is 10.2. The molecule has 0 aliphatic carbocycles. The largest absolute Gasteiger partial charge is 0.383 e. The molecule has 0 heterocycles. The van der Waals surface area contributed by atoms with Gasteiger partial charge in [0.05, 0.1) is 11.6 Å². The zero-order chi connectivity index (χ0) is 13.1. The third kappa shape index (κ3) is 2.93. The molecule has 1 aromatic carbocycles. The fourth-order valence-corrected chi connectivity index (χ4v) is 0.942. The van der Waals surface area contributed by atoms with Gasteiger partial charge in [-0.3, -0.25) is 4.79 Å². The number of halogens is 4. The molecule has 0 saturated heterocycles. The number of nitrogens with zero attached hydrogens (tertiary/aromatic N) is 1. The number of hydrogen-bond donors (Lipinski definition) is 1. The SMILES string of the molecule is N#Cc1ccc(NC(=O)C(F)(F)C(F)F)cc1. The standard InChI is InChI=1S/C10H6F4N2O/c11-8(12)10(13,14)9(17)16-7-3-1-6(5-15)2-4-7/h1-4,8H,(H,16,17). The van der Waals surface area contributed by atoms with E-state index < -0.39 is 18.3 Å². The number of anilines is 1. The van der Waals surface area contributed by atoms with Gasteiger partial charge in [0.1, 0.15) is 0 Å². The first-order chi connectivity index (χ1) is 7.87. The third-order valence-corrected chi connectivity index (χ3v) is 1.85. The van der Waals surface area contributed by atoms with Crippen LogP contribution in [-0.2, 0) is 4.79 Å². The second-order valence-corrected chi connectivity index (χ2v) is 3.07. The fourth-order valence-electron chi connectivity index (χ4n) is 0.942. The van der Waals surface area contributed by atoms with Crippen LogP contribution in [0.3, 0.4) is 0 Å². The molecule has 0 fully saturated rings. The van der Waals surface area contributed by atoms with Crippen LogP contribution in [0.4, 0.5) is 23.2 Å². The Bertz CT molecular complexity index is 450. The van der Waals surface area contributed by atoms with E-state index in [0.29, 0.717) is 0 Å². The maximum atomic E-state index is 12.6. The highest BCUT2D eigenvalue weighted by Gasteiger charge is 2.48. The highest BCUT2D eigenvalue weighted by Crippen LogP contribution is 2.24. The van der Waals surface area contributed by atoms with Crippen LogP contribution in [0.1, 0.15) is 5.56 Å². The summed E-state index contributed by atoms with van der Waals surface area (Å²) in [5, 5.41) is 10.1. The first-order valence-corrected chi connectivity index (χ1v) is 4.35. The van der Waals surface area contributed by atoms with E-state index in [-0.39, 0.29) is 11.3 Å². The quantitative estimate of drug-likeness (QED) is 0.832. The van der Waals surface area contributed by atoms with E-state index >= 15 is 0 Å². The Morgan fingerprint density at radius 2 is 1.82 bits per heavy atom. The van der Waals surface area contributed by atoms with Gasteiger partial charge in [0.2, 0.25) is 0 Å². The van der Waals surface area contributed by atoms with Gasteiger partial charge in [-0.15, -0.1) is 0 Å². The Morgan fingerprint density at radius 3 is 2.24 bits per heavy atom. The van der Waals surface area contributed by atoms with Crippen LogP contribution in [0.15, 0.2) is 24.3 Å². The number of alkyl halides is 4. The number of rotatable bonds is 3. The minimum absolute atomic E-state index is 0.0886. The van der Waals surface area contributed by atoms with Crippen LogP contribution >= 0.6 is 0 Å². The molecule has 0 spiro atoms. The lowest BCUT2D eigenvalue weighted by Gasteiger charge is -2.14. The van der Waals surface area contributed by atoms with Crippen molar-refractivity contribution in [1.29, 1.82) is 5.26 Å². The molecule has 0 saturated carbocycles. The summed E-state index contributed by atoms with van der Waals surface area (Å²) < 4.78 is 48.8. The molecule has 3 nitrogen and oxygen atoms in total. The molecule has 0 bridgehead atoms. The van der Waals surface area contributed by atoms with Crippen LogP contribution in [-0.4, -0.2) is 18.3 Å². The molecular formula is C10H6F4N2O. The summed E-state index contributed by atoms with van der Waals surface area (Å²) in [5.41, 5.74) is 0.165. The third-order valence-electron chi connectivity index (χ3n) is 1.85. The van der Waals surface area contributed by atoms with Crippen molar-refractivity contribution in [3.63, 3.8) is 0 Å². The molecule has 1 aromatic rings. The van der Waals surface area contributed by atoms with Gasteiger partial charge in [0.25, 0.3) is 0 Å². The van der Waals surface area contributed by atoms with Gasteiger partial charge in [0, 0.05) is 5.69 Å². The zero-order valence-electron chi connectivity index (χ0n) is 8.25. The van der Waals surface area contributed by atoms with Crippen LogP contribution in [0, 0.1) is 11.3 Å². The smallest absolute Gasteiger partial charge is 0.321 e. The van der Waals surface area contributed by atoms with E-state index in [1.807, 2.05) is 0 Å². The van der Waals surface area contributed by atoms with E-state index in [0.717, 1.165) is 12.1 Å². The van der Waals surface area contributed by atoms with Crippen molar-refractivity contribution in [3.8, 4) is 6.07 Å². The number of nitriles is 1. The maximum Gasteiger partial charge on any atom is 0.383 e. The molecule has 17 heavy (non-hydrogen) atoms. The molecule has 0 radical (unpaired) electrons. The number of nitrogens with one attached hydrogen (secondary N) is 1. The molecule has 0 aliphatic heterocycles. The molecule has 1 amide bonds. The lowest BCUT2D eigenvalue weighted by molar-refractivity contribution is -0.163. The summed E-state index contributed by atoms with van der Waals surface area (Å²) in [7, 11) is 0. The molecule has 0 aliphatic rings. The summed E-state index contributed by atoms with van der Waals surface area (Å²) in [6.45, 7) is 0. The van der Waals surface area contributed by atoms with Crippen molar-refractivity contribution >= 4 is 11.6 Å². The molecular weight excluding hydrogens is 240 g/mol. The van der Waals surface area contributed by atoms with Gasteiger partial charge in [-0.2, -0.15) is 14.0 Å². The van der Waals surface area contributed by atoms with Crippen molar-refractivity contribution in [2.24, 2.45) is 0 Å². The number of amides is 1. The first-order valence-electron chi connectivity index (χ1n) is 4.35. The Kier molecular flexibility index (Phi) is 3.68. The second-order valence-electron chi connectivity index (χ2n) is 3.07. The molecule has 90 valence electrons. The lowest BCUT2D eigenvalue weighted by Crippen LogP contribution is -2.40. The van der Waals surface area contributed by atoms with Crippen LogP contribution in [0.25, 0.3) is 0 Å². The van der Waals surface area contributed by atoms with Gasteiger partial charge in [-0.25, -0.2) is 8.78 Å². The highest BCUT2D eigenvalue weighted by molar-refractivity contribution is 5.96. The minimum atomic E-state index is -4.74. The fraction of sp³-hybridized carbons (Fsp3) is 0.200. The molecule has 0 unspecified atom stereocenters. The van der Waals surface area contributed by atoms with Gasteiger partial charge in [-0.05, 0) is 24.3 Å². The van der Waals surface area contributed by atoms with Crippen LogP contribution in [0.5, 0.6) is 0 Å². The van der Waals surface area contributed by atoms with Crippen molar-refractivity contribution in [2.45, 2.75) is 12.3 Å². The number of carbonyl (C=O) groups excluding carboxylic acids is 1. The number of carbonyl (C=O) groups is 1. The Labute approximate surface area is 93.7 Å². The predicted octanol–water partition coefficient (Wildman–Crippen LogP) is 2.40. The Morgan fingerprint density at radius 1 is 1.29 bits per heavy atom. The maximum absolute atomic E-state index is 12.6. The highest BCUT2D eigenvalue weighted by atomic mass is 19.3. The van der Waals surface area contributed by atoms with Crippen molar-refractivity contribution in [3.05, 3.63) is 29.8 Å². The average molecular weight is 246 g/mol. The summed E-state index contributed by atoms with van der Waals surface area (Å²) in [6.07, 6.45) is -4.07. The van der Waals surface area contributed by atoms with Gasteiger partial charge in [0.15, 0.2) is 0 Å². The molecule has 7 heteroatoms. The zero-order valence-corrected chi connectivity index (χ0v) is 8.25. The van der Waals surface area contributed by atoms with Gasteiger partial charge < -0.3 is 5.32 Å². The van der Waals surface area contributed by atoms with E-state index in [2.05, 4.69) is 0 Å². The normalized spacial score (nSPS) is 11.1. The van der Waals surface area contributed by atoms with E-state index in [4.69, 9.17) is 5.26 Å². The Hall–Kier alpha value is -2.10. The minimum Gasteiger partial charge on any atom is -0.321 e. The number of benzene rings is 1. The monoisotopic (exact) mass is 246 g/mol. The topological polar surface area (TPSA) is 52.9 Å². The number of hydrogen-bond acceptors (Lipinski definition) is 2. The van der Waals surface area contributed by atoms with Crippen molar-refractivity contribution < 1.29 is 22.4 Å². The van der Waals surface area contributed by atoms with Gasteiger partial charge >= 0.3 is 18.3 Å². The summed E-state index contributed by atoms with van der Waals surface area (Å²) >= 11 is 0. The summed E-state index contributed by atoms with van der Waals surface area (Å²) in [5.74, 6) is -6.83. The molecule has 1 rings (SSSR count). The van der Waals surface area contributed by atoms with Crippen LogP contribution < -0.4 is 5.32 Å². The van der Waals surface area contributed by atoms with E-state index in [1.165, 1.54) is 12.1 Å². The average Bonchev–Trinajstić information content (AvgIpc) is 2.29. The molecule has 0 aromatic heterocycles. The van der Waals surface area contributed by atoms with Crippen molar-refractivity contribution in [1.82, 2.24) is 0 Å². The van der Waals surface area contributed by atoms with Crippen LogP contribution in [0.2, 0.25) is 0 Å².